The van der Waals surface area contributed by atoms with Crippen molar-refractivity contribution >= 4 is 5.71 Å². The van der Waals surface area contributed by atoms with Crippen LogP contribution in [0.15, 0.2) is 58.9 Å². The van der Waals surface area contributed by atoms with E-state index in [2.05, 4.69) is 9.98 Å². The molecule has 0 bridgehead atoms. The van der Waals surface area contributed by atoms with Crippen LogP contribution in [0, 0.1) is 16.1 Å². The molecule has 0 spiro atoms. The highest BCUT2D eigenvalue weighted by Gasteiger charge is 2.27. The van der Waals surface area contributed by atoms with Gasteiger partial charge in [-0.25, -0.2) is 4.98 Å². The van der Waals surface area contributed by atoms with E-state index >= 15 is 0 Å². The summed E-state index contributed by atoms with van der Waals surface area (Å²) in [5.41, 5.74) is 2.04. The molecule has 0 N–H and O–H groups in total. The highest BCUT2D eigenvalue weighted by molar-refractivity contribution is 6.09. The van der Waals surface area contributed by atoms with E-state index in [4.69, 9.17) is 0 Å². The van der Waals surface area contributed by atoms with Crippen molar-refractivity contribution in [3.63, 3.8) is 0 Å². The number of fused-ring (bicyclic) bond motifs is 1. The van der Waals surface area contributed by atoms with Crippen LogP contribution in [0.4, 0.5) is 4.39 Å². The van der Waals surface area contributed by atoms with Gasteiger partial charge in [0.25, 0.3) is 5.70 Å². The van der Waals surface area contributed by atoms with Crippen LogP contribution in [-0.4, -0.2) is 21.7 Å². The minimum atomic E-state index is -0.550. The second-order valence-corrected chi connectivity index (χ2v) is 4.47. The predicted molar refractivity (Wildman–Crippen MR) is 71.4 cm³/mol. The van der Waals surface area contributed by atoms with Gasteiger partial charge in [0, 0.05) is 17.8 Å². The monoisotopic (exact) mass is 271 g/mol. The Morgan fingerprint density at radius 3 is 2.85 bits per heavy atom. The number of pyridine rings is 1. The molecule has 100 valence electrons. The summed E-state index contributed by atoms with van der Waals surface area (Å²) in [6, 6.07) is 2.60. The number of rotatable bonds is 2. The Bertz CT molecular complexity index is 687. The summed E-state index contributed by atoms with van der Waals surface area (Å²) in [6.07, 6.45) is 8.68. The zero-order valence-electron chi connectivity index (χ0n) is 10.4. The average molecular weight is 271 g/mol. The third kappa shape index (κ3) is 2.16. The van der Waals surface area contributed by atoms with Gasteiger partial charge in [-0.3, -0.25) is 15.1 Å². The Morgan fingerprint density at radius 2 is 2.15 bits per heavy atom. The number of hydrogen-bond acceptors (Lipinski definition) is 4. The molecule has 1 aliphatic carbocycles. The van der Waals surface area contributed by atoms with Crippen LogP contribution in [0.1, 0.15) is 12.0 Å². The average Bonchev–Trinajstić information content (AvgIpc) is 2.46. The van der Waals surface area contributed by atoms with E-state index in [1.165, 1.54) is 18.3 Å². The quantitative estimate of drug-likeness (QED) is 0.471. The molecule has 20 heavy (non-hydrogen) atoms. The summed E-state index contributed by atoms with van der Waals surface area (Å²) in [4.78, 5) is 18.6. The van der Waals surface area contributed by atoms with Crippen molar-refractivity contribution in [3.8, 4) is 0 Å². The van der Waals surface area contributed by atoms with E-state index in [9.17, 15) is 14.5 Å². The molecule has 0 radical (unpaired) electrons. The lowest BCUT2D eigenvalue weighted by molar-refractivity contribution is -0.420. The number of hydrogen-bond donors (Lipinski definition) is 0. The summed E-state index contributed by atoms with van der Waals surface area (Å²) in [5, 5.41) is 11.0. The molecule has 1 aliphatic heterocycles. The number of halogens is 1. The normalized spacial score (nSPS) is 20.6. The van der Waals surface area contributed by atoms with E-state index < -0.39 is 10.9 Å². The summed E-state index contributed by atoms with van der Waals surface area (Å²) in [5.74, 6) is -0.550. The van der Waals surface area contributed by atoms with Crippen molar-refractivity contribution in [2.75, 3.05) is 0 Å². The number of nitrogens with zero attached hydrogens (tertiary/aromatic N) is 3. The Labute approximate surface area is 114 Å². The number of nitro groups is 1. The number of aromatic nitrogens is 1. The Hall–Kier alpha value is -2.63. The Morgan fingerprint density at radius 1 is 1.30 bits per heavy atom. The van der Waals surface area contributed by atoms with Crippen LogP contribution in [0.3, 0.4) is 0 Å². The van der Waals surface area contributed by atoms with Crippen LogP contribution in [-0.2, 0) is 0 Å². The summed E-state index contributed by atoms with van der Waals surface area (Å²) in [6.45, 7) is 0. The molecule has 5 nitrogen and oxygen atoms in total. The molecule has 3 rings (SSSR count). The smallest absolute Gasteiger partial charge is 0.274 e. The van der Waals surface area contributed by atoms with Crippen LogP contribution in [0.2, 0.25) is 0 Å². The van der Waals surface area contributed by atoms with Crippen LogP contribution >= 0.6 is 0 Å². The number of aliphatic imine (C=N–C) groups is 1. The van der Waals surface area contributed by atoms with Gasteiger partial charge in [0.2, 0.25) is 5.95 Å². The maximum atomic E-state index is 12.8. The minimum Gasteiger partial charge on any atom is -0.276 e. The van der Waals surface area contributed by atoms with Gasteiger partial charge in [0.15, 0.2) is 0 Å². The van der Waals surface area contributed by atoms with Crippen molar-refractivity contribution in [2.45, 2.75) is 12.5 Å². The van der Waals surface area contributed by atoms with Gasteiger partial charge >= 0.3 is 0 Å². The first kappa shape index (κ1) is 12.4. The molecule has 2 heterocycles. The van der Waals surface area contributed by atoms with Crippen molar-refractivity contribution in [2.24, 2.45) is 4.99 Å². The third-order valence-electron chi connectivity index (χ3n) is 3.23. The van der Waals surface area contributed by atoms with Crippen LogP contribution in [0.5, 0.6) is 0 Å². The molecule has 0 saturated carbocycles. The van der Waals surface area contributed by atoms with Crippen molar-refractivity contribution < 1.29 is 9.31 Å². The molecule has 0 fully saturated rings. The third-order valence-corrected chi connectivity index (χ3v) is 3.23. The lowest BCUT2D eigenvalue weighted by Gasteiger charge is -2.20. The lowest BCUT2D eigenvalue weighted by Crippen LogP contribution is -2.20. The van der Waals surface area contributed by atoms with Crippen LogP contribution < -0.4 is 0 Å². The van der Waals surface area contributed by atoms with Crippen molar-refractivity contribution in [1.29, 1.82) is 0 Å². The minimum absolute atomic E-state index is 0.0810. The zero-order chi connectivity index (χ0) is 14.1. The van der Waals surface area contributed by atoms with Crippen LogP contribution in [0.25, 0.3) is 0 Å². The van der Waals surface area contributed by atoms with Gasteiger partial charge in [0.1, 0.15) is 0 Å². The van der Waals surface area contributed by atoms with Gasteiger partial charge in [-0.1, -0.05) is 6.08 Å². The molecule has 1 atom stereocenters. The zero-order valence-corrected chi connectivity index (χ0v) is 10.4. The molecule has 0 amide bonds. The number of dihydropyridines is 1. The molecule has 1 unspecified atom stereocenters. The molecule has 0 saturated heterocycles. The molecule has 6 heteroatoms. The summed E-state index contributed by atoms with van der Waals surface area (Å²) >= 11 is 0. The maximum Gasteiger partial charge on any atom is 0.274 e. The second kappa shape index (κ2) is 4.80. The summed E-state index contributed by atoms with van der Waals surface area (Å²) < 4.78 is 12.8. The maximum absolute atomic E-state index is 12.8. The highest BCUT2D eigenvalue weighted by Crippen LogP contribution is 2.27. The Kier molecular flexibility index (Phi) is 2.98. The summed E-state index contributed by atoms with van der Waals surface area (Å²) in [7, 11) is 0. The van der Waals surface area contributed by atoms with Gasteiger partial charge in [-0.15, -0.1) is 0 Å². The fourth-order valence-corrected chi connectivity index (χ4v) is 2.27. The first-order chi connectivity index (χ1) is 9.65. The Balaban J connectivity index is 1.97. The predicted octanol–water partition coefficient (Wildman–Crippen LogP) is 2.44. The molecule has 1 aromatic heterocycles. The number of allylic oxidation sites excluding steroid dienone is 2. The van der Waals surface area contributed by atoms with E-state index in [0.29, 0.717) is 23.3 Å². The second-order valence-electron chi connectivity index (χ2n) is 4.47. The molecule has 2 aliphatic rings. The fraction of sp³-hybridized carbons (Fsp3) is 0.143. The van der Waals surface area contributed by atoms with Gasteiger partial charge < -0.3 is 0 Å². The molecular formula is C14H10FN3O2. The largest absolute Gasteiger partial charge is 0.276 e. The standard InChI is InChI=1S/C14H10FN3O2/c15-14-7-4-9(8-16-14)11-6-5-10-12(17-11)2-1-3-13(10)18(19)20/h1,3-8,12H,2H2. The van der Waals surface area contributed by atoms with E-state index in [1.54, 1.807) is 24.3 Å². The molecular weight excluding hydrogens is 261 g/mol. The fourth-order valence-electron chi connectivity index (χ4n) is 2.27. The van der Waals surface area contributed by atoms with E-state index in [1.807, 2.05) is 0 Å². The first-order valence-electron chi connectivity index (χ1n) is 6.08. The van der Waals surface area contributed by atoms with E-state index in [0.717, 1.165) is 0 Å². The lowest BCUT2D eigenvalue weighted by atomic mass is 9.93. The van der Waals surface area contributed by atoms with Gasteiger partial charge in [-0.2, -0.15) is 4.39 Å². The topological polar surface area (TPSA) is 68.4 Å². The van der Waals surface area contributed by atoms with E-state index in [-0.39, 0.29) is 11.7 Å². The van der Waals surface area contributed by atoms with Crippen molar-refractivity contribution in [1.82, 2.24) is 4.98 Å². The van der Waals surface area contributed by atoms with Gasteiger partial charge in [0.05, 0.1) is 22.2 Å². The van der Waals surface area contributed by atoms with Gasteiger partial charge in [-0.05, 0) is 30.7 Å². The SMILES string of the molecule is O=[N+]([O-])C1=C2C=CC(c3ccc(F)nc3)=NC2CC=C1. The first-order valence-corrected chi connectivity index (χ1v) is 6.08. The highest BCUT2D eigenvalue weighted by atomic mass is 19.1. The van der Waals surface area contributed by atoms with Crippen molar-refractivity contribution in [3.05, 3.63) is 75.5 Å². The molecule has 0 aromatic carbocycles. The molecule has 1 aromatic rings.